The summed E-state index contributed by atoms with van der Waals surface area (Å²) in [6.07, 6.45) is 3.40. The molecule has 0 heterocycles. The first-order valence-electron chi connectivity index (χ1n) is 7.42. The predicted molar refractivity (Wildman–Crippen MR) is 88.7 cm³/mol. The summed E-state index contributed by atoms with van der Waals surface area (Å²) in [7, 11) is 1.96. The monoisotopic (exact) mass is 279 g/mol. The summed E-state index contributed by atoms with van der Waals surface area (Å²) in [5, 5.41) is 12.6. The number of aliphatic hydroxyl groups excluding tert-OH is 1. The molecule has 2 N–H and O–H groups in total. The Kier molecular flexibility index (Phi) is 3.70. The lowest BCUT2D eigenvalue weighted by Gasteiger charge is -2.09. The highest BCUT2D eigenvalue weighted by Crippen LogP contribution is 2.31. The number of rotatable bonds is 4. The standard InChI is InChI=1S/C19H21NO/c1-13(21)16-5-3-14(4-6-16)9-15-10-17-7-8-19(20-2)12-18(17)11-15/h3-8,12,15,20-21H,1,9-11H2,2H3. The van der Waals surface area contributed by atoms with Crippen molar-refractivity contribution in [3.05, 3.63) is 71.3 Å². The summed E-state index contributed by atoms with van der Waals surface area (Å²) in [4.78, 5) is 0. The van der Waals surface area contributed by atoms with Gasteiger partial charge in [-0.15, -0.1) is 0 Å². The SMILES string of the molecule is C=C(O)c1ccc(CC2Cc3ccc(NC)cc3C2)cc1. The van der Waals surface area contributed by atoms with Crippen LogP contribution in [-0.2, 0) is 19.3 Å². The molecule has 0 aliphatic heterocycles. The fraction of sp³-hybridized carbons (Fsp3) is 0.263. The van der Waals surface area contributed by atoms with Gasteiger partial charge in [-0.25, -0.2) is 0 Å². The van der Waals surface area contributed by atoms with Gasteiger partial charge in [0.15, 0.2) is 0 Å². The number of anilines is 1. The van der Waals surface area contributed by atoms with Crippen LogP contribution in [0.5, 0.6) is 0 Å². The molecule has 0 saturated heterocycles. The van der Waals surface area contributed by atoms with E-state index in [1.807, 2.05) is 19.2 Å². The fourth-order valence-electron chi connectivity index (χ4n) is 3.18. The van der Waals surface area contributed by atoms with Crippen molar-refractivity contribution >= 4 is 11.4 Å². The van der Waals surface area contributed by atoms with Crippen molar-refractivity contribution in [3.8, 4) is 0 Å². The molecule has 108 valence electrons. The van der Waals surface area contributed by atoms with Crippen LogP contribution >= 0.6 is 0 Å². The first kappa shape index (κ1) is 13.7. The van der Waals surface area contributed by atoms with Crippen molar-refractivity contribution < 1.29 is 5.11 Å². The second-order valence-electron chi connectivity index (χ2n) is 5.86. The van der Waals surface area contributed by atoms with E-state index in [1.54, 1.807) is 0 Å². The summed E-state index contributed by atoms with van der Waals surface area (Å²) >= 11 is 0. The van der Waals surface area contributed by atoms with Crippen LogP contribution in [0, 0.1) is 5.92 Å². The average Bonchev–Trinajstić information content (AvgIpc) is 2.88. The van der Waals surface area contributed by atoms with Crippen molar-refractivity contribution in [2.75, 3.05) is 12.4 Å². The molecule has 2 aromatic carbocycles. The lowest BCUT2D eigenvalue weighted by atomic mass is 9.96. The Labute approximate surface area is 126 Å². The number of hydrogen-bond acceptors (Lipinski definition) is 2. The molecule has 0 aromatic heterocycles. The maximum Gasteiger partial charge on any atom is 0.115 e. The average molecular weight is 279 g/mol. The van der Waals surface area contributed by atoms with Crippen LogP contribution in [0.15, 0.2) is 49.0 Å². The minimum absolute atomic E-state index is 0.134. The highest BCUT2D eigenvalue weighted by Gasteiger charge is 2.21. The number of nitrogens with one attached hydrogen (secondary N) is 1. The third-order valence-corrected chi connectivity index (χ3v) is 4.32. The number of fused-ring (bicyclic) bond motifs is 1. The quantitative estimate of drug-likeness (QED) is 0.821. The van der Waals surface area contributed by atoms with Gasteiger partial charge in [-0.2, -0.15) is 0 Å². The number of benzene rings is 2. The molecular formula is C19H21NO. The van der Waals surface area contributed by atoms with Gasteiger partial charge in [0.25, 0.3) is 0 Å². The Hall–Kier alpha value is -2.22. The van der Waals surface area contributed by atoms with Gasteiger partial charge in [0.1, 0.15) is 5.76 Å². The van der Waals surface area contributed by atoms with Crippen LogP contribution in [0.1, 0.15) is 22.3 Å². The van der Waals surface area contributed by atoms with Crippen LogP contribution in [0.25, 0.3) is 5.76 Å². The molecule has 1 unspecified atom stereocenters. The van der Waals surface area contributed by atoms with Gasteiger partial charge >= 0.3 is 0 Å². The van der Waals surface area contributed by atoms with E-state index in [2.05, 4.69) is 42.2 Å². The zero-order chi connectivity index (χ0) is 14.8. The van der Waals surface area contributed by atoms with E-state index >= 15 is 0 Å². The van der Waals surface area contributed by atoms with Crippen LogP contribution in [0.3, 0.4) is 0 Å². The minimum atomic E-state index is 0.134. The normalized spacial score (nSPS) is 16.5. The second kappa shape index (κ2) is 5.65. The van der Waals surface area contributed by atoms with Crippen molar-refractivity contribution in [2.24, 2.45) is 5.92 Å². The maximum absolute atomic E-state index is 9.37. The van der Waals surface area contributed by atoms with Crippen LogP contribution in [0.2, 0.25) is 0 Å². The molecule has 2 nitrogen and oxygen atoms in total. The topological polar surface area (TPSA) is 32.3 Å². The molecule has 0 spiro atoms. The molecule has 2 aromatic rings. The number of aliphatic hydroxyl groups is 1. The summed E-state index contributed by atoms with van der Waals surface area (Å²) in [5.74, 6) is 0.810. The predicted octanol–water partition coefficient (Wildman–Crippen LogP) is 4.21. The summed E-state index contributed by atoms with van der Waals surface area (Å²) in [5.41, 5.74) is 6.28. The third-order valence-electron chi connectivity index (χ3n) is 4.32. The highest BCUT2D eigenvalue weighted by atomic mass is 16.3. The Balaban J connectivity index is 1.69. The zero-order valence-electron chi connectivity index (χ0n) is 12.4. The van der Waals surface area contributed by atoms with Crippen LogP contribution in [0.4, 0.5) is 5.69 Å². The molecular weight excluding hydrogens is 258 g/mol. The summed E-state index contributed by atoms with van der Waals surface area (Å²) in [6, 6.07) is 14.8. The Morgan fingerprint density at radius 3 is 2.52 bits per heavy atom. The largest absolute Gasteiger partial charge is 0.508 e. The molecule has 0 bridgehead atoms. The van der Waals surface area contributed by atoms with Gasteiger partial charge in [-0.05, 0) is 54.0 Å². The van der Waals surface area contributed by atoms with Gasteiger partial charge in [0.05, 0.1) is 0 Å². The third kappa shape index (κ3) is 2.94. The van der Waals surface area contributed by atoms with E-state index in [9.17, 15) is 5.11 Å². The summed E-state index contributed by atoms with van der Waals surface area (Å²) < 4.78 is 0. The van der Waals surface area contributed by atoms with Crippen molar-refractivity contribution in [2.45, 2.75) is 19.3 Å². The highest BCUT2D eigenvalue weighted by molar-refractivity contribution is 5.56. The lowest BCUT2D eigenvalue weighted by molar-refractivity contribution is 0.513. The molecule has 0 radical (unpaired) electrons. The first-order valence-corrected chi connectivity index (χ1v) is 7.42. The van der Waals surface area contributed by atoms with E-state index in [0.29, 0.717) is 5.92 Å². The lowest BCUT2D eigenvalue weighted by Crippen LogP contribution is -2.04. The van der Waals surface area contributed by atoms with Gasteiger partial charge in [0, 0.05) is 18.3 Å². The Bertz CT molecular complexity index is 658. The molecule has 0 saturated carbocycles. The number of hydrogen-bond donors (Lipinski definition) is 2. The maximum atomic E-state index is 9.37. The molecule has 1 atom stereocenters. The Morgan fingerprint density at radius 1 is 1.14 bits per heavy atom. The second-order valence-corrected chi connectivity index (χ2v) is 5.86. The van der Waals surface area contributed by atoms with E-state index in [4.69, 9.17) is 0 Å². The van der Waals surface area contributed by atoms with Crippen molar-refractivity contribution in [1.82, 2.24) is 0 Å². The van der Waals surface area contributed by atoms with Crippen LogP contribution in [-0.4, -0.2) is 12.2 Å². The fourth-order valence-corrected chi connectivity index (χ4v) is 3.18. The molecule has 2 heteroatoms. The van der Waals surface area contributed by atoms with Gasteiger partial charge in [-0.1, -0.05) is 36.9 Å². The smallest absolute Gasteiger partial charge is 0.115 e. The van der Waals surface area contributed by atoms with E-state index in [0.717, 1.165) is 24.8 Å². The molecule has 0 amide bonds. The first-order chi connectivity index (χ1) is 10.2. The van der Waals surface area contributed by atoms with Crippen molar-refractivity contribution in [3.63, 3.8) is 0 Å². The molecule has 3 rings (SSSR count). The van der Waals surface area contributed by atoms with Crippen molar-refractivity contribution in [1.29, 1.82) is 0 Å². The van der Waals surface area contributed by atoms with Gasteiger partial charge < -0.3 is 10.4 Å². The molecule has 1 aliphatic rings. The van der Waals surface area contributed by atoms with Gasteiger partial charge in [0.2, 0.25) is 0 Å². The molecule has 0 fully saturated rings. The van der Waals surface area contributed by atoms with Crippen LogP contribution < -0.4 is 5.32 Å². The summed E-state index contributed by atoms with van der Waals surface area (Å²) in [6.45, 7) is 3.55. The van der Waals surface area contributed by atoms with E-state index in [-0.39, 0.29) is 5.76 Å². The van der Waals surface area contributed by atoms with E-state index in [1.165, 1.54) is 22.4 Å². The zero-order valence-corrected chi connectivity index (χ0v) is 12.4. The van der Waals surface area contributed by atoms with E-state index < -0.39 is 0 Å². The Morgan fingerprint density at radius 2 is 1.86 bits per heavy atom. The molecule has 1 aliphatic carbocycles. The minimum Gasteiger partial charge on any atom is -0.508 e. The van der Waals surface area contributed by atoms with Gasteiger partial charge in [-0.3, -0.25) is 0 Å². The molecule has 21 heavy (non-hydrogen) atoms.